The predicted molar refractivity (Wildman–Crippen MR) is 82.1 cm³/mol. The first-order valence-electron chi connectivity index (χ1n) is 7.26. The van der Waals surface area contributed by atoms with E-state index in [0.717, 1.165) is 12.8 Å². The van der Waals surface area contributed by atoms with E-state index in [4.69, 9.17) is 4.74 Å². The van der Waals surface area contributed by atoms with Gasteiger partial charge in [0, 0.05) is 0 Å². The Morgan fingerprint density at radius 3 is 2.32 bits per heavy atom. The van der Waals surface area contributed by atoms with Crippen LogP contribution in [0.3, 0.4) is 0 Å². The Morgan fingerprint density at radius 1 is 1.23 bits per heavy atom. The first-order valence-corrected chi connectivity index (χ1v) is 7.26. The number of aliphatic carboxylic acids is 1. The van der Waals surface area contributed by atoms with Crippen molar-refractivity contribution < 1.29 is 50.4 Å². The molecular weight excluding hydrogens is 291 g/mol. The zero-order valence-corrected chi connectivity index (χ0v) is 16.0. The molecular formula is C17H25NaO4. The van der Waals surface area contributed by atoms with E-state index in [1.807, 2.05) is 30.3 Å². The molecule has 1 atom stereocenters. The maximum atomic E-state index is 11.7. The SMILES string of the molecule is CC(C)(C)OC(=O)CC(CCCc1ccccc1)C(=O)O.[H-].[Na+]. The molecule has 5 heteroatoms. The second kappa shape index (κ2) is 10.0. The van der Waals surface area contributed by atoms with Crippen LogP contribution in [0.4, 0.5) is 0 Å². The number of ether oxygens (including phenoxy) is 1. The first kappa shape index (κ1) is 21.2. The topological polar surface area (TPSA) is 63.6 Å². The maximum absolute atomic E-state index is 11.7. The number of carboxylic acids is 1. The van der Waals surface area contributed by atoms with Gasteiger partial charge in [0.05, 0.1) is 12.3 Å². The van der Waals surface area contributed by atoms with E-state index in [9.17, 15) is 14.7 Å². The number of hydrogen-bond donors (Lipinski definition) is 1. The largest absolute Gasteiger partial charge is 1.00 e. The molecule has 1 aromatic carbocycles. The third kappa shape index (κ3) is 9.23. The molecule has 0 aromatic heterocycles. The fraction of sp³-hybridized carbons (Fsp3) is 0.529. The van der Waals surface area contributed by atoms with Crippen LogP contribution >= 0.6 is 0 Å². The van der Waals surface area contributed by atoms with Crippen molar-refractivity contribution in [2.75, 3.05) is 0 Å². The molecule has 1 aromatic rings. The van der Waals surface area contributed by atoms with Gasteiger partial charge in [0.15, 0.2) is 0 Å². The second-order valence-corrected chi connectivity index (χ2v) is 6.20. The van der Waals surface area contributed by atoms with Crippen molar-refractivity contribution in [1.82, 2.24) is 0 Å². The molecule has 0 bridgehead atoms. The van der Waals surface area contributed by atoms with Gasteiger partial charge >= 0.3 is 41.5 Å². The molecule has 1 unspecified atom stereocenters. The number of esters is 1. The van der Waals surface area contributed by atoms with Gasteiger partial charge in [0.25, 0.3) is 0 Å². The third-order valence-electron chi connectivity index (χ3n) is 3.04. The summed E-state index contributed by atoms with van der Waals surface area (Å²) in [7, 11) is 0. The smallest absolute Gasteiger partial charge is 1.00 e. The molecule has 0 amide bonds. The Bertz CT molecular complexity index is 471. The van der Waals surface area contributed by atoms with Crippen molar-refractivity contribution >= 4 is 11.9 Å². The average Bonchev–Trinajstić information content (AvgIpc) is 2.36. The van der Waals surface area contributed by atoms with Crippen LogP contribution in [0.5, 0.6) is 0 Å². The van der Waals surface area contributed by atoms with Gasteiger partial charge in [-0.15, -0.1) is 0 Å². The molecule has 1 rings (SSSR count). The quantitative estimate of drug-likeness (QED) is 0.590. The van der Waals surface area contributed by atoms with Crippen molar-refractivity contribution in [3.63, 3.8) is 0 Å². The zero-order chi connectivity index (χ0) is 15.9. The van der Waals surface area contributed by atoms with Crippen molar-refractivity contribution in [2.45, 2.75) is 52.1 Å². The predicted octanol–water partition coefficient (Wildman–Crippen LogP) is 0.558. The molecule has 0 aliphatic rings. The average molecular weight is 316 g/mol. The molecule has 0 aliphatic heterocycles. The summed E-state index contributed by atoms with van der Waals surface area (Å²) in [4.78, 5) is 23.0. The molecule has 0 heterocycles. The molecule has 0 aliphatic carbocycles. The first-order chi connectivity index (χ1) is 9.78. The Hall–Kier alpha value is -0.840. The van der Waals surface area contributed by atoms with Gasteiger partial charge in [-0.3, -0.25) is 9.59 Å². The summed E-state index contributed by atoms with van der Waals surface area (Å²) in [6.45, 7) is 5.32. The number of benzene rings is 1. The van der Waals surface area contributed by atoms with Crippen LogP contribution in [0.25, 0.3) is 0 Å². The van der Waals surface area contributed by atoms with Crippen LogP contribution in [0.2, 0.25) is 0 Å². The molecule has 4 nitrogen and oxygen atoms in total. The molecule has 0 saturated heterocycles. The van der Waals surface area contributed by atoms with E-state index in [2.05, 4.69) is 0 Å². The molecule has 118 valence electrons. The normalized spacial score (nSPS) is 12.1. The van der Waals surface area contributed by atoms with Crippen molar-refractivity contribution in [2.24, 2.45) is 5.92 Å². The van der Waals surface area contributed by atoms with Crippen LogP contribution in [-0.4, -0.2) is 22.6 Å². The molecule has 22 heavy (non-hydrogen) atoms. The van der Waals surface area contributed by atoms with E-state index in [1.165, 1.54) is 5.56 Å². The van der Waals surface area contributed by atoms with E-state index in [1.54, 1.807) is 20.8 Å². The van der Waals surface area contributed by atoms with Crippen LogP contribution in [0.1, 0.15) is 47.0 Å². The zero-order valence-electron chi connectivity index (χ0n) is 15.0. The van der Waals surface area contributed by atoms with Crippen molar-refractivity contribution in [1.29, 1.82) is 0 Å². The summed E-state index contributed by atoms with van der Waals surface area (Å²) < 4.78 is 5.18. The molecule has 0 radical (unpaired) electrons. The Balaban J connectivity index is 0. The van der Waals surface area contributed by atoms with Crippen molar-refractivity contribution in [3.05, 3.63) is 35.9 Å². The van der Waals surface area contributed by atoms with E-state index >= 15 is 0 Å². The van der Waals surface area contributed by atoms with Crippen LogP contribution in [0.15, 0.2) is 30.3 Å². The van der Waals surface area contributed by atoms with Gasteiger partial charge in [0.1, 0.15) is 5.60 Å². The van der Waals surface area contributed by atoms with Gasteiger partial charge in [-0.2, -0.15) is 0 Å². The minimum absolute atomic E-state index is 0. The Morgan fingerprint density at radius 2 is 1.82 bits per heavy atom. The summed E-state index contributed by atoms with van der Waals surface area (Å²) in [5.74, 6) is -2.06. The molecule has 0 spiro atoms. The third-order valence-corrected chi connectivity index (χ3v) is 3.04. The monoisotopic (exact) mass is 316 g/mol. The number of carbonyl (C=O) groups excluding carboxylic acids is 1. The van der Waals surface area contributed by atoms with E-state index in [-0.39, 0.29) is 37.4 Å². The molecule has 0 saturated carbocycles. The van der Waals surface area contributed by atoms with E-state index < -0.39 is 23.5 Å². The number of hydrogen-bond acceptors (Lipinski definition) is 3. The van der Waals surface area contributed by atoms with Gasteiger partial charge in [-0.25, -0.2) is 0 Å². The maximum Gasteiger partial charge on any atom is 1.00 e. The summed E-state index contributed by atoms with van der Waals surface area (Å²) in [6, 6.07) is 9.91. The van der Waals surface area contributed by atoms with Gasteiger partial charge in [-0.05, 0) is 45.6 Å². The summed E-state index contributed by atoms with van der Waals surface area (Å²) in [5.41, 5.74) is 0.600. The minimum Gasteiger partial charge on any atom is -1.00 e. The minimum atomic E-state index is -0.936. The summed E-state index contributed by atoms with van der Waals surface area (Å²) >= 11 is 0. The van der Waals surface area contributed by atoms with Crippen LogP contribution in [0, 0.1) is 5.92 Å². The van der Waals surface area contributed by atoms with Crippen LogP contribution in [-0.2, 0) is 20.7 Å². The number of carboxylic acid groups (broad SMARTS) is 1. The fourth-order valence-electron chi connectivity index (χ4n) is 2.09. The fourth-order valence-corrected chi connectivity index (χ4v) is 2.09. The molecule has 1 N–H and O–H groups in total. The van der Waals surface area contributed by atoms with Crippen molar-refractivity contribution in [3.8, 4) is 0 Å². The number of aryl methyl sites for hydroxylation is 1. The number of rotatable bonds is 7. The Labute approximate surface area is 156 Å². The Kier molecular flexibility index (Phi) is 9.65. The van der Waals surface area contributed by atoms with Gasteiger partial charge in [0.2, 0.25) is 0 Å². The second-order valence-electron chi connectivity index (χ2n) is 6.20. The van der Waals surface area contributed by atoms with Gasteiger partial charge in [-0.1, -0.05) is 30.3 Å². The van der Waals surface area contributed by atoms with Crippen LogP contribution < -0.4 is 29.6 Å². The van der Waals surface area contributed by atoms with E-state index in [0.29, 0.717) is 6.42 Å². The molecule has 0 fully saturated rings. The summed E-state index contributed by atoms with van der Waals surface area (Å²) in [5, 5.41) is 9.21. The standard InChI is InChI=1S/C17H24O4.Na.H/c1-17(2,3)21-15(18)12-14(16(19)20)11-7-10-13-8-5-4-6-9-13;;/h4-6,8-9,14H,7,10-12H2,1-3H3,(H,19,20);;/q;+1;-1. The summed E-state index contributed by atoms with van der Waals surface area (Å²) in [6.07, 6.45) is 1.97. The number of carbonyl (C=O) groups is 2. The van der Waals surface area contributed by atoms with Gasteiger partial charge < -0.3 is 11.3 Å².